The van der Waals surface area contributed by atoms with Crippen molar-refractivity contribution in [1.29, 1.82) is 0 Å². The summed E-state index contributed by atoms with van der Waals surface area (Å²) in [6.07, 6.45) is 0. The van der Waals surface area contributed by atoms with E-state index in [9.17, 15) is 4.79 Å². The number of carboxylic acids is 1. The van der Waals surface area contributed by atoms with E-state index in [0.717, 1.165) is 9.21 Å². The fourth-order valence-electron chi connectivity index (χ4n) is 1.23. The summed E-state index contributed by atoms with van der Waals surface area (Å²) in [4.78, 5) is 13.6. The van der Waals surface area contributed by atoms with Crippen molar-refractivity contribution in [3.05, 3.63) is 21.3 Å². The minimum Gasteiger partial charge on any atom is -0.480 e. The average molecular weight is 248 g/mol. The average Bonchev–Trinajstić information content (AvgIpc) is 2.49. The van der Waals surface area contributed by atoms with Crippen molar-refractivity contribution in [2.45, 2.75) is 26.4 Å². The zero-order valence-electron chi connectivity index (χ0n) is 8.74. The van der Waals surface area contributed by atoms with E-state index in [1.165, 1.54) is 11.3 Å². The number of nitrogens with zero attached hydrogens (tertiary/aromatic N) is 1. The number of carboxylic acid groups (broad SMARTS) is 1. The van der Waals surface area contributed by atoms with Gasteiger partial charge in [-0.25, -0.2) is 0 Å². The molecule has 0 aliphatic carbocycles. The first-order valence-electron chi connectivity index (χ1n) is 4.69. The van der Waals surface area contributed by atoms with Gasteiger partial charge in [0.05, 0.1) is 10.9 Å². The molecule has 1 rings (SSSR count). The van der Waals surface area contributed by atoms with Crippen molar-refractivity contribution in [3.63, 3.8) is 0 Å². The van der Waals surface area contributed by atoms with E-state index in [-0.39, 0.29) is 12.6 Å². The van der Waals surface area contributed by atoms with Crippen LogP contribution in [0.2, 0.25) is 4.34 Å². The Hall–Kier alpha value is -0.580. The third kappa shape index (κ3) is 4.20. The Bertz CT molecular complexity index is 338. The molecule has 5 heteroatoms. The molecule has 1 heterocycles. The van der Waals surface area contributed by atoms with Gasteiger partial charge in [-0.15, -0.1) is 11.3 Å². The summed E-state index contributed by atoms with van der Waals surface area (Å²) in [7, 11) is 0. The molecule has 15 heavy (non-hydrogen) atoms. The SMILES string of the molecule is CC(C)N(CC(=O)O)Cc1ccc(Cl)s1. The lowest BCUT2D eigenvalue weighted by molar-refractivity contribution is -0.138. The molecule has 0 spiro atoms. The highest BCUT2D eigenvalue weighted by Crippen LogP contribution is 2.23. The van der Waals surface area contributed by atoms with Crippen LogP contribution in [0.25, 0.3) is 0 Å². The van der Waals surface area contributed by atoms with Gasteiger partial charge in [0.1, 0.15) is 0 Å². The van der Waals surface area contributed by atoms with Crippen LogP contribution in [0.5, 0.6) is 0 Å². The summed E-state index contributed by atoms with van der Waals surface area (Å²) < 4.78 is 0.740. The van der Waals surface area contributed by atoms with E-state index in [1.54, 1.807) is 0 Å². The zero-order valence-corrected chi connectivity index (χ0v) is 10.3. The smallest absolute Gasteiger partial charge is 0.317 e. The molecule has 1 aromatic rings. The van der Waals surface area contributed by atoms with Crippen LogP contribution in [0.15, 0.2) is 12.1 Å². The lowest BCUT2D eigenvalue weighted by Crippen LogP contribution is -2.34. The molecule has 0 aromatic carbocycles. The molecule has 0 bridgehead atoms. The largest absolute Gasteiger partial charge is 0.480 e. The first-order valence-corrected chi connectivity index (χ1v) is 5.88. The molecule has 0 atom stereocenters. The van der Waals surface area contributed by atoms with Crippen molar-refractivity contribution in [3.8, 4) is 0 Å². The topological polar surface area (TPSA) is 40.5 Å². The van der Waals surface area contributed by atoms with E-state index < -0.39 is 5.97 Å². The second-order valence-electron chi connectivity index (χ2n) is 3.60. The molecule has 0 aliphatic heterocycles. The molecule has 1 aromatic heterocycles. The van der Waals surface area contributed by atoms with Gasteiger partial charge in [-0.2, -0.15) is 0 Å². The molecule has 0 fully saturated rings. The second kappa shape index (κ2) is 5.49. The molecule has 0 radical (unpaired) electrons. The van der Waals surface area contributed by atoms with Crippen LogP contribution in [0, 0.1) is 0 Å². The van der Waals surface area contributed by atoms with Crippen molar-refractivity contribution < 1.29 is 9.90 Å². The lowest BCUT2D eigenvalue weighted by atomic mass is 10.3. The van der Waals surface area contributed by atoms with Crippen LogP contribution < -0.4 is 0 Å². The number of carbonyl (C=O) groups is 1. The summed E-state index contributed by atoms with van der Waals surface area (Å²) in [6, 6.07) is 3.98. The highest BCUT2D eigenvalue weighted by molar-refractivity contribution is 7.16. The lowest BCUT2D eigenvalue weighted by Gasteiger charge is -2.23. The summed E-state index contributed by atoms with van der Waals surface area (Å²) >= 11 is 7.30. The molecule has 1 N–H and O–H groups in total. The van der Waals surface area contributed by atoms with Crippen LogP contribution in [0.3, 0.4) is 0 Å². The van der Waals surface area contributed by atoms with Crippen LogP contribution in [-0.4, -0.2) is 28.6 Å². The summed E-state index contributed by atoms with van der Waals surface area (Å²) in [5.74, 6) is -0.800. The van der Waals surface area contributed by atoms with Gasteiger partial charge in [-0.3, -0.25) is 9.69 Å². The van der Waals surface area contributed by atoms with Gasteiger partial charge in [0.15, 0.2) is 0 Å². The monoisotopic (exact) mass is 247 g/mol. The Morgan fingerprint density at radius 1 is 1.60 bits per heavy atom. The van der Waals surface area contributed by atoms with Crippen LogP contribution in [0.4, 0.5) is 0 Å². The molecule has 84 valence electrons. The number of hydrogen-bond acceptors (Lipinski definition) is 3. The summed E-state index contributed by atoms with van der Waals surface area (Å²) in [5.41, 5.74) is 0. The molecule has 3 nitrogen and oxygen atoms in total. The normalized spacial score (nSPS) is 11.3. The Kier molecular flexibility index (Phi) is 4.57. The number of rotatable bonds is 5. The summed E-state index contributed by atoms with van der Waals surface area (Å²) in [5, 5.41) is 8.75. The van der Waals surface area contributed by atoms with Crippen molar-refractivity contribution in [2.24, 2.45) is 0 Å². The molecule has 0 saturated carbocycles. The van der Waals surface area contributed by atoms with E-state index in [0.29, 0.717) is 6.54 Å². The first kappa shape index (κ1) is 12.5. The van der Waals surface area contributed by atoms with E-state index in [2.05, 4.69) is 0 Å². The number of halogens is 1. The maximum Gasteiger partial charge on any atom is 0.317 e. The quantitative estimate of drug-likeness (QED) is 0.870. The predicted molar refractivity (Wildman–Crippen MR) is 62.5 cm³/mol. The molecule has 0 aliphatic rings. The van der Waals surface area contributed by atoms with Gasteiger partial charge in [0.2, 0.25) is 0 Å². The van der Waals surface area contributed by atoms with Gasteiger partial charge < -0.3 is 5.11 Å². The Labute approximate surface area is 98.3 Å². The maximum absolute atomic E-state index is 10.6. The molecular weight excluding hydrogens is 234 g/mol. The van der Waals surface area contributed by atoms with Gasteiger partial charge >= 0.3 is 5.97 Å². The van der Waals surface area contributed by atoms with Crippen molar-refractivity contribution in [1.82, 2.24) is 4.90 Å². The maximum atomic E-state index is 10.6. The highest BCUT2D eigenvalue weighted by Gasteiger charge is 2.14. The number of hydrogen-bond donors (Lipinski definition) is 1. The molecule has 0 saturated heterocycles. The van der Waals surface area contributed by atoms with Crippen LogP contribution in [-0.2, 0) is 11.3 Å². The Morgan fingerprint density at radius 3 is 2.67 bits per heavy atom. The van der Waals surface area contributed by atoms with Gasteiger partial charge in [0, 0.05) is 17.5 Å². The van der Waals surface area contributed by atoms with Gasteiger partial charge in [-0.05, 0) is 26.0 Å². The van der Waals surface area contributed by atoms with Crippen molar-refractivity contribution in [2.75, 3.05) is 6.54 Å². The van der Waals surface area contributed by atoms with Crippen LogP contribution >= 0.6 is 22.9 Å². The van der Waals surface area contributed by atoms with Crippen molar-refractivity contribution >= 4 is 28.9 Å². The Balaban J connectivity index is 2.62. The number of aliphatic carboxylic acids is 1. The highest BCUT2D eigenvalue weighted by atomic mass is 35.5. The third-order valence-electron chi connectivity index (χ3n) is 2.06. The standard InChI is InChI=1S/C10H14ClNO2S/c1-7(2)12(6-10(13)14)5-8-3-4-9(11)15-8/h3-4,7H,5-6H2,1-2H3,(H,13,14). The molecule has 0 unspecified atom stereocenters. The van der Waals surface area contributed by atoms with E-state index in [4.69, 9.17) is 16.7 Å². The van der Waals surface area contributed by atoms with Gasteiger partial charge in [0.25, 0.3) is 0 Å². The zero-order chi connectivity index (χ0) is 11.4. The Morgan fingerprint density at radius 2 is 2.27 bits per heavy atom. The third-order valence-corrected chi connectivity index (χ3v) is 3.27. The van der Waals surface area contributed by atoms with Crippen LogP contribution in [0.1, 0.15) is 18.7 Å². The fourth-order valence-corrected chi connectivity index (χ4v) is 2.34. The minimum atomic E-state index is -0.800. The first-order chi connectivity index (χ1) is 6.99. The number of thiophene rings is 1. The molecule has 0 amide bonds. The van der Waals surface area contributed by atoms with E-state index >= 15 is 0 Å². The fraction of sp³-hybridized carbons (Fsp3) is 0.500. The second-order valence-corrected chi connectivity index (χ2v) is 5.40. The minimum absolute atomic E-state index is 0.0627. The predicted octanol–water partition coefficient (Wildman–Crippen LogP) is 2.70. The van der Waals surface area contributed by atoms with E-state index in [1.807, 2.05) is 30.9 Å². The van der Waals surface area contributed by atoms with Gasteiger partial charge in [-0.1, -0.05) is 11.6 Å². The summed E-state index contributed by atoms with van der Waals surface area (Å²) in [6.45, 7) is 4.67. The molecular formula is C10H14ClNO2S.